The van der Waals surface area contributed by atoms with E-state index in [2.05, 4.69) is 185 Å². The second-order valence-electron chi connectivity index (χ2n) is 19.5. The number of para-hydroxylation sites is 2. The average Bonchev–Trinajstić information content (AvgIpc) is 4.10. The van der Waals surface area contributed by atoms with E-state index in [1.165, 1.54) is 99.1 Å². The highest BCUT2D eigenvalue weighted by molar-refractivity contribution is 6.17. The van der Waals surface area contributed by atoms with Crippen molar-refractivity contribution in [3.63, 3.8) is 0 Å². The van der Waals surface area contributed by atoms with Crippen LogP contribution in [0.4, 0.5) is 0 Å². The number of fused-ring (bicyclic) bond motifs is 19. The Labute approximate surface area is 374 Å². The third kappa shape index (κ3) is 4.55. The maximum absolute atomic E-state index is 7.00. The smallest absolute Gasteiger partial charge is 0.136 e. The lowest BCUT2D eigenvalue weighted by molar-refractivity contribution is 0.656. The van der Waals surface area contributed by atoms with Gasteiger partial charge < -0.3 is 13.3 Å². The van der Waals surface area contributed by atoms with E-state index < -0.39 is 0 Å². The van der Waals surface area contributed by atoms with Crippen molar-refractivity contribution in [3.8, 4) is 44.5 Å². The summed E-state index contributed by atoms with van der Waals surface area (Å²) in [5, 5.41) is 11.9. The van der Waals surface area contributed by atoms with Crippen LogP contribution in [-0.4, -0.2) is 0 Å². The highest BCUT2D eigenvalue weighted by Gasteiger charge is 2.40. The maximum atomic E-state index is 7.00. The van der Waals surface area contributed by atoms with Gasteiger partial charge in [-0.1, -0.05) is 125 Å². The first kappa shape index (κ1) is 35.6. The number of rotatable bonds is 2. The molecule has 0 spiro atoms. The molecule has 0 saturated carbocycles. The molecule has 2 aliphatic carbocycles. The summed E-state index contributed by atoms with van der Waals surface area (Å²) >= 11 is 0. The van der Waals surface area contributed by atoms with Crippen molar-refractivity contribution >= 4 is 87.4 Å². The van der Waals surface area contributed by atoms with E-state index in [0.717, 1.165) is 55.0 Å². The number of hydrogen-bond acceptors (Lipinski definition) is 3. The van der Waals surface area contributed by atoms with Gasteiger partial charge in [-0.25, -0.2) is 0 Å². The molecule has 0 bridgehead atoms. The van der Waals surface area contributed by atoms with Crippen LogP contribution in [0.5, 0.6) is 0 Å². The minimum atomic E-state index is -0.249. The molecule has 0 amide bonds. The Morgan fingerprint density at radius 1 is 0.262 bits per heavy atom. The summed E-state index contributed by atoms with van der Waals surface area (Å²) in [5.41, 5.74) is 20.4. The lowest BCUT2D eigenvalue weighted by atomic mass is 9.79. The first-order valence-corrected chi connectivity index (χ1v) is 22.7. The highest BCUT2D eigenvalue weighted by atomic mass is 16.3. The zero-order valence-corrected chi connectivity index (χ0v) is 36.4. The zero-order chi connectivity index (χ0) is 43.1. The van der Waals surface area contributed by atoms with E-state index in [4.69, 9.17) is 13.3 Å². The predicted molar refractivity (Wildman–Crippen MR) is 269 cm³/mol. The number of furan rings is 3. The Hall–Kier alpha value is -7.88. The highest BCUT2D eigenvalue weighted by Crippen LogP contribution is 2.58. The van der Waals surface area contributed by atoms with Gasteiger partial charge in [0.1, 0.15) is 33.5 Å². The minimum Gasteiger partial charge on any atom is -0.456 e. The fraction of sp³-hybridized carbons (Fsp3) is 0.0968. The fourth-order valence-electron chi connectivity index (χ4n) is 12.2. The molecule has 0 N–H and O–H groups in total. The SMILES string of the molecule is CC1(C)c2cc3c(cc2-c2c1cc(-c1ccc4oc5ccccc5c4c1)c1ccccc21)oc1cc2c(cc13)C(C)(C)c1cc(-c3ccc4oc5ccccc5c4c3)c3ccccc3c1-2. The molecule has 0 radical (unpaired) electrons. The van der Waals surface area contributed by atoms with E-state index >= 15 is 0 Å². The van der Waals surface area contributed by atoms with Crippen LogP contribution in [0.3, 0.4) is 0 Å². The van der Waals surface area contributed by atoms with Gasteiger partial charge >= 0.3 is 0 Å². The molecule has 3 heteroatoms. The average molecular weight is 833 g/mol. The Kier molecular flexibility index (Phi) is 6.57. The number of benzene rings is 10. The third-order valence-corrected chi connectivity index (χ3v) is 15.4. The minimum absolute atomic E-state index is 0.249. The van der Waals surface area contributed by atoms with Gasteiger partial charge in [0.2, 0.25) is 0 Å². The Balaban J connectivity index is 0.903. The van der Waals surface area contributed by atoms with Crippen molar-refractivity contribution in [3.05, 3.63) is 192 Å². The van der Waals surface area contributed by atoms with E-state index in [0.29, 0.717) is 0 Å². The van der Waals surface area contributed by atoms with Gasteiger partial charge in [-0.3, -0.25) is 0 Å². The summed E-state index contributed by atoms with van der Waals surface area (Å²) in [6, 6.07) is 62.3. The second kappa shape index (κ2) is 12.0. The normalized spacial score (nSPS) is 14.7. The van der Waals surface area contributed by atoms with Crippen molar-refractivity contribution < 1.29 is 13.3 Å². The zero-order valence-electron chi connectivity index (χ0n) is 36.4. The van der Waals surface area contributed by atoms with Gasteiger partial charge in [-0.15, -0.1) is 0 Å². The third-order valence-electron chi connectivity index (χ3n) is 15.4. The van der Waals surface area contributed by atoms with Gasteiger partial charge in [0.25, 0.3) is 0 Å². The molecule has 0 unspecified atom stereocenters. The molecular formula is C62H40O3. The first-order valence-electron chi connectivity index (χ1n) is 22.7. The van der Waals surface area contributed by atoms with Crippen molar-refractivity contribution in [2.45, 2.75) is 38.5 Å². The topological polar surface area (TPSA) is 39.4 Å². The molecule has 0 aliphatic heterocycles. The van der Waals surface area contributed by atoms with Crippen molar-refractivity contribution in [2.24, 2.45) is 0 Å². The van der Waals surface area contributed by atoms with Crippen LogP contribution in [0, 0.1) is 0 Å². The standard InChI is InChI=1S/C62H40O3/c1-61(2)49-29-45-46-30-50-48(60-40-18-8-6-14-36(40)42(28-52(60)62(50,3)4)34-22-24-56-44(26-34)38-16-10-12-20-54(38)64-56)32-58(46)65-57(45)31-47(49)59-39-17-7-5-13-35(39)41(27-51(59)61)33-21-23-55-43(25-33)37-15-9-11-19-53(37)63-55/h5-32H,1-4H3. The molecule has 0 fully saturated rings. The summed E-state index contributed by atoms with van der Waals surface area (Å²) in [6.45, 7) is 9.57. The van der Waals surface area contributed by atoms with Crippen molar-refractivity contribution in [1.82, 2.24) is 0 Å². The largest absolute Gasteiger partial charge is 0.456 e. The first-order chi connectivity index (χ1) is 31.7. The molecule has 13 aromatic rings. The quantitative estimate of drug-likeness (QED) is 0.174. The monoisotopic (exact) mass is 832 g/mol. The van der Waals surface area contributed by atoms with Crippen LogP contribution >= 0.6 is 0 Å². The van der Waals surface area contributed by atoms with Crippen LogP contribution in [0.15, 0.2) is 183 Å². The molecule has 10 aromatic carbocycles. The van der Waals surface area contributed by atoms with Crippen molar-refractivity contribution in [1.29, 1.82) is 0 Å². The van der Waals surface area contributed by atoms with E-state index in [9.17, 15) is 0 Å². The van der Waals surface area contributed by atoms with Gasteiger partial charge in [-0.05, 0) is 161 Å². The van der Waals surface area contributed by atoms with Crippen molar-refractivity contribution in [2.75, 3.05) is 0 Å². The van der Waals surface area contributed by atoms with Crippen LogP contribution in [0.2, 0.25) is 0 Å². The van der Waals surface area contributed by atoms with Crippen LogP contribution < -0.4 is 0 Å². The van der Waals surface area contributed by atoms with E-state index in [-0.39, 0.29) is 10.8 Å². The summed E-state index contributed by atoms with van der Waals surface area (Å²) in [4.78, 5) is 0. The van der Waals surface area contributed by atoms with E-state index in [1.54, 1.807) is 0 Å². The molecule has 15 rings (SSSR count). The summed E-state index contributed by atoms with van der Waals surface area (Å²) < 4.78 is 19.5. The predicted octanol–water partition coefficient (Wildman–Crippen LogP) is 17.6. The fourth-order valence-corrected chi connectivity index (χ4v) is 12.2. The van der Waals surface area contributed by atoms with Gasteiger partial charge in [0.05, 0.1) is 0 Å². The van der Waals surface area contributed by atoms with Gasteiger partial charge in [0, 0.05) is 43.1 Å². The maximum Gasteiger partial charge on any atom is 0.136 e. The molecule has 3 aromatic heterocycles. The molecule has 3 heterocycles. The Morgan fingerprint density at radius 2 is 0.615 bits per heavy atom. The van der Waals surface area contributed by atoms with Gasteiger partial charge in [-0.2, -0.15) is 0 Å². The lowest BCUT2D eigenvalue weighted by Gasteiger charge is -2.23. The summed E-state index contributed by atoms with van der Waals surface area (Å²) in [5.74, 6) is 0. The molecular weight excluding hydrogens is 793 g/mol. The Morgan fingerprint density at radius 3 is 1.06 bits per heavy atom. The van der Waals surface area contributed by atoms with Crippen LogP contribution in [0.25, 0.3) is 132 Å². The molecule has 0 atom stereocenters. The van der Waals surface area contributed by atoms with Crippen LogP contribution in [-0.2, 0) is 10.8 Å². The van der Waals surface area contributed by atoms with Crippen LogP contribution in [0.1, 0.15) is 49.9 Å². The molecule has 65 heavy (non-hydrogen) atoms. The number of hydrogen-bond donors (Lipinski definition) is 0. The molecule has 0 saturated heterocycles. The lowest BCUT2D eigenvalue weighted by Crippen LogP contribution is -2.15. The summed E-state index contributed by atoms with van der Waals surface area (Å²) in [6.07, 6.45) is 0. The molecule has 2 aliphatic rings. The molecule has 306 valence electrons. The van der Waals surface area contributed by atoms with Gasteiger partial charge in [0.15, 0.2) is 0 Å². The second-order valence-corrected chi connectivity index (χ2v) is 19.5. The molecule has 3 nitrogen and oxygen atoms in total. The van der Waals surface area contributed by atoms with E-state index in [1.807, 2.05) is 12.1 Å². The summed E-state index contributed by atoms with van der Waals surface area (Å²) in [7, 11) is 0. The Bertz CT molecular complexity index is 4020.